The van der Waals surface area contributed by atoms with Crippen LogP contribution in [0.3, 0.4) is 0 Å². The lowest BCUT2D eigenvalue weighted by Gasteiger charge is -2.29. The highest BCUT2D eigenvalue weighted by atomic mass is 16.1. The van der Waals surface area contributed by atoms with Crippen LogP contribution in [0, 0.1) is 0 Å². The highest BCUT2D eigenvalue weighted by Crippen LogP contribution is 2.26. The predicted molar refractivity (Wildman–Crippen MR) is 82.2 cm³/mol. The number of piperidine rings is 1. The first-order valence-electron chi connectivity index (χ1n) is 7.32. The Labute approximate surface area is 124 Å². The summed E-state index contributed by atoms with van der Waals surface area (Å²) in [6.07, 6.45) is 5.56. The monoisotopic (exact) mass is 284 g/mol. The Morgan fingerprint density at radius 2 is 1.81 bits per heavy atom. The van der Waals surface area contributed by atoms with Gasteiger partial charge in [0.1, 0.15) is 5.82 Å². The molecule has 0 bridgehead atoms. The number of pyridine rings is 1. The van der Waals surface area contributed by atoms with E-state index in [9.17, 15) is 4.79 Å². The van der Waals surface area contributed by atoms with Gasteiger partial charge in [0.05, 0.1) is 5.69 Å². The van der Waals surface area contributed by atoms with E-state index in [0.717, 1.165) is 43.0 Å². The number of hydrogen-bond donors (Lipinski definition) is 0. The fourth-order valence-electron chi connectivity index (χ4n) is 2.86. The molecular formula is C16H20N4O. The molecule has 110 valence electrons. The summed E-state index contributed by atoms with van der Waals surface area (Å²) < 4.78 is 1.70. The summed E-state index contributed by atoms with van der Waals surface area (Å²) in [5.41, 5.74) is 1.69. The van der Waals surface area contributed by atoms with Gasteiger partial charge in [0.25, 0.3) is 5.56 Å². The van der Waals surface area contributed by atoms with Crippen LogP contribution in [0.1, 0.15) is 24.6 Å². The summed E-state index contributed by atoms with van der Waals surface area (Å²) in [5, 5.41) is 0. The van der Waals surface area contributed by atoms with Gasteiger partial charge in [-0.25, -0.2) is 4.98 Å². The van der Waals surface area contributed by atoms with Crippen LogP contribution in [-0.2, 0) is 7.05 Å². The van der Waals surface area contributed by atoms with Gasteiger partial charge < -0.3 is 4.90 Å². The van der Waals surface area contributed by atoms with Gasteiger partial charge in [-0.1, -0.05) is 0 Å². The Morgan fingerprint density at radius 1 is 1.14 bits per heavy atom. The van der Waals surface area contributed by atoms with Crippen molar-refractivity contribution < 1.29 is 0 Å². The Balaban J connectivity index is 2.01. The lowest BCUT2D eigenvalue weighted by atomic mass is 9.96. The minimum Gasteiger partial charge on any atom is -0.306 e. The predicted octanol–water partition coefficient (Wildman–Crippen LogP) is 1.65. The van der Waals surface area contributed by atoms with E-state index >= 15 is 0 Å². The molecule has 1 aliphatic heterocycles. The molecule has 1 saturated heterocycles. The van der Waals surface area contributed by atoms with Gasteiger partial charge in [-0.3, -0.25) is 14.3 Å². The van der Waals surface area contributed by atoms with Crippen molar-refractivity contribution in [2.45, 2.75) is 18.8 Å². The van der Waals surface area contributed by atoms with Gasteiger partial charge in [-0.15, -0.1) is 0 Å². The Morgan fingerprint density at radius 3 is 2.48 bits per heavy atom. The lowest BCUT2D eigenvalue weighted by molar-refractivity contribution is 0.248. The van der Waals surface area contributed by atoms with E-state index in [4.69, 9.17) is 4.98 Å². The summed E-state index contributed by atoms with van der Waals surface area (Å²) in [6, 6.07) is 5.38. The van der Waals surface area contributed by atoms with Crippen LogP contribution in [-0.4, -0.2) is 39.6 Å². The molecule has 21 heavy (non-hydrogen) atoms. The average molecular weight is 284 g/mol. The molecule has 0 unspecified atom stereocenters. The first-order valence-corrected chi connectivity index (χ1v) is 7.32. The molecule has 0 saturated carbocycles. The number of nitrogens with zero attached hydrogens (tertiary/aromatic N) is 4. The van der Waals surface area contributed by atoms with Crippen LogP contribution in [0.4, 0.5) is 0 Å². The van der Waals surface area contributed by atoms with Crippen molar-refractivity contribution in [3.05, 3.63) is 46.8 Å². The van der Waals surface area contributed by atoms with E-state index in [-0.39, 0.29) is 5.56 Å². The van der Waals surface area contributed by atoms with E-state index in [0.29, 0.717) is 5.92 Å². The largest absolute Gasteiger partial charge is 0.306 e. The summed E-state index contributed by atoms with van der Waals surface area (Å²) in [7, 11) is 3.95. The molecule has 2 aromatic rings. The second-order valence-electron chi connectivity index (χ2n) is 5.71. The fourth-order valence-corrected chi connectivity index (χ4v) is 2.86. The zero-order chi connectivity index (χ0) is 14.8. The van der Waals surface area contributed by atoms with Gasteiger partial charge in [-0.05, 0) is 45.1 Å². The molecule has 0 amide bonds. The van der Waals surface area contributed by atoms with Crippen LogP contribution in [0.15, 0.2) is 35.4 Å². The second kappa shape index (κ2) is 5.77. The molecule has 5 heteroatoms. The van der Waals surface area contributed by atoms with Gasteiger partial charge in [0.15, 0.2) is 0 Å². The molecule has 3 heterocycles. The van der Waals surface area contributed by atoms with Crippen LogP contribution < -0.4 is 5.56 Å². The summed E-state index contributed by atoms with van der Waals surface area (Å²) in [5.74, 6) is 1.27. The molecule has 0 radical (unpaired) electrons. The zero-order valence-corrected chi connectivity index (χ0v) is 12.5. The highest BCUT2D eigenvalue weighted by molar-refractivity contribution is 5.57. The molecule has 2 aromatic heterocycles. The fraction of sp³-hybridized carbons (Fsp3) is 0.438. The second-order valence-corrected chi connectivity index (χ2v) is 5.71. The van der Waals surface area contributed by atoms with Gasteiger partial charge in [0.2, 0.25) is 0 Å². The van der Waals surface area contributed by atoms with Gasteiger partial charge >= 0.3 is 0 Å². The molecule has 0 spiro atoms. The number of hydrogen-bond acceptors (Lipinski definition) is 4. The van der Waals surface area contributed by atoms with E-state index < -0.39 is 0 Å². The molecule has 3 rings (SSSR count). The van der Waals surface area contributed by atoms with E-state index in [1.807, 2.05) is 19.2 Å². The van der Waals surface area contributed by atoms with E-state index in [1.165, 1.54) is 0 Å². The maximum atomic E-state index is 12.2. The topological polar surface area (TPSA) is 51.0 Å². The molecular weight excluding hydrogens is 264 g/mol. The minimum absolute atomic E-state index is 0.00532. The van der Waals surface area contributed by atoms with E-state index in [2.05, 4.69) is 16.9 Å². The van der Waals surface area contributed by atoms with Crippen LogP contribution in [0.5, 0.6) is 0 Å². The maximum Gasteiger partial charge on any atom is 0.253 e. The first-order chi connectivity index (χ1) is 10.1. The normalized spacial score (nSPS) is 17.0. The van der Waals surface area contributed by atoms with E-state index in [1.54, 1.807) is 23.0 Å². The SMILES string of the molecule is CN1CCC(c2nc(-c3ccncc3)cc(=O)n2C)CC1. The molecule has 0 N–H and O–H groups in total. The highest BCUT2D eigenvalue weighted by Gasteiger charge is 2.22. The lowest BCUT2D eigenvalue weighted by Crippen LogP contribution is -2.32. The van der Waals surface area contributed by atoms with Gasteiger partial charge in [-0.2, -0.15) is 0 Å². The maximum absolute atomic E-state index is 12.2. The van der Waals surface area contributed by atoms with Crippen LogP contribution >= 0.6 is 0 Å². The van der Waals surface area contributed by atoms with Crippen LogP contribution in [0.25, 0.3) is 11.3 Å². The van der Waals surface area contributed by atoms with Crippen molar-refractivity contribution in [1.29, 1.82) is 0 Å². The van der Waals surface area contributed by atoms with Crippen molar-refractivity contribution >= 4 is 0 Å². The van der Waals surface area contributed by atoms with Crippen molar-refractivity contribution in [3.63, 3.8) is 0 Å². The first kappa shape index (κ1) is 13.9. The standard InChI is InChI=1S/C16H20N4O/c1-19-9-5-13(6-10-19)16-18-14(11-15(21)20(16)2)12-3-7-17-8-4-12/h3-4,7-8,11,13H,5-6,9-10H2,1-2H3. The summed E-state index contributed by atoms with van der Waals surface area (Å²) >= 11 is 0. The quantitative estimate of drug-likeness (QED) is 0.841. The number of aromatic nitrogens is 3. The molecule has 0 atom stereocenters. The average Bonchev–Trinajstić information content (AvgIpc) is 2.52. The Kier molecular flexibility index (Phi) is 3.84. The Hall–Kier alpha value is -2.01. The zero-order valence-electron chi connectivity index (χ0n) is 12.5. The van der Waals surface area contributed by atoms with Crippen LogP contribution in [0.2, 0.25) is 0 Å². The number of rotatable bonds is 2. The molecule has 0 aliphatic carbocycles. The van der Waals surface area contributed by atoms with Crippen molar-refractivity contribution in [3.8, 4) is 11.3 Å². The Bertz CT molecular complexity index is 672. The third-order valence-corrected chi connectivity index (χ3v) is 4.23. The molecule has 5 nitrogen and oxygen atoms in total. The molecule has 1 aliphatic rings. The summed E-state index contributed by atoms with van der Waals surface area (Å²) in [6.45, 7) is 2.11. The molecule has 0 aromatic carbocycles. The van der Waals surface area contributed by atoms with Crippen molar-refractivity contribution in [2.24, 2.45) is 7.05 Å². The number of likely N-dealkylation sites (tertiary alicyclic amines) is 1. The third-order valence-electron chi connectivity index (χ3n) is 4.23. The molecule has 1 fully saturated rings. The summed E-state index contributed by atoms with van der Waals surface area (Å²) in [4.78, 5) is 23.3. The third kappa shape index (κ3) is 2.88. The van der Waals surface area contributed by atoms with Crippen molar-refractivity contribution in [1.82, 2.24) is 19.4 Å². The van der Waals surface area contributed by atoms with Crippen molar-refractivity contribution in [2.75, 3.05) is 20.1 Å². The minimum atomic E-state index is 0.00532. The smallest absolute Gasteiger partial charge is 0.253 e. The van der Waals surface area contributed by atoms with Gasteiger partial charge in [0, 0.05) is 37.0 Å².